The number of hydrogen-bond donors (Lipinski definition) is 1. The molecule has 5 heteroatoms. The first kappa shape index (κ1) is 14.2. The zero-order valence-corrected chi connectivity index (χ0v) is 13.9. The van der Waals surface area contributed by atoms with E-state index in [1.807, 2.05) is 6.07 Å². The molecule has 24 heavy (non-hydrogen) atoms. The monoisotopic (exact) mass is 325 g/mol. The van der Waals surface area contributed by atoms with Gasteiger partial charge in [0.1, 0.15) is 19.0 Å². The highest BCUT2D eigenvalue weighted by Gasteiger charge is 2.29. The van der Waals surface area contributed by atoms with Crippen LogP contribution in [-0.4, -0.2) is 29.5 Å². The van der Waals surface area contributed by atoms with Gasteiger partial charge in [-0.2, -0.15) is 5.10 Å². The molecule has 0 amide bonds. The van der Waals surface area contributed by atoms with E-state index in [2.05, 4.69) is 22.1 Å². The van der Waals surface area contributed by atoms with E-state index in [9.17, 15) is 0 Å². The van der Waals surface area contributed by atoms with Crippen LogP contribution in [0.25, 0.3) is 5.69 Å². The summed E-state index contributed by atoms with van der Waals surface area (Å²) in [4.78, 5) is 0. The summed E-state index contributed by atoms with van der Waals surface area (Å²) in [5.74, 6) is 3.49. The molecule has 1 saturated carbocycles. The molecule has 0 unspecified atom stereocenters. The largest absolute Gasteiger partial charge is 0.486 e. The van der Waals surface area contributed by atoms with Crippen LogP contribution in [0.5, 0.6) is 11.5 Å². The van der Waals surface area contributed by atoms with Gasteiger partial charge in [-0.25, -0.2) is 4.68 Å². The number of aromatic nitrogens is 2. The fourth-order valence-electron chi connectivity index (χ4n) is 3.89. The maximum Gasteiger partial charge on any atom is 0.163 e. The Kier molecular flexibility index (Phi) is 3.39. The fourth-order valence-corrected chi connectivity index (χ4v) is 3.89. The summed E-state index contributed by atoms with van der Waals surface area (Å²) in [5, 5.41) is 8.66. The van der Waals surface area contributed by atoms with Crippen molar-refractivity contribution in [1.29, 1.82) is 0 Å². The molecule has 1 fully saturated rings. The standard InChI is InChI=1S/C19H23N3O2/c1-2-9-20-19-15(6-1)18(13-4-3-5-13)21-22(19)14-7-8-16-17(12-14)24-11-10-23-16/h7-8,12-13,20H,1-6,9-11H2. The van der Waals surface area contributed by atoms with Crippen molar-refractivity contribution in [2.24, 2.45) is 0 Å². The molecule has 3 aliphatic rings. The highest BCUT2D eigenvalue weighted by atomic mass is 16.6. The van der Waals surface area contributed by atoms with E-state index in [0.717, 1.165) is 30.2 Å². The number of nitrogens with one attached hydrogen (secondary N) is 1. The van der Waals surface area contributed by atoms with Crippen molar-refractivity contribution in [3.8, 4) is 17.2 Å². The SMILES string of the molecule is c1cc2c(cc1-n1nc(C3CCC3)c3c1NCCCC3)OCCO2. The molecule has 1 aliphatic carbocycles. The van der Waals surface area contributed by atoms with Gasteiger partial charge in [-0.05, 0) is 44.2 Å². The van der Waals surface area contributed by atoms with Crippen LogP contribution in [0.1, 0.15) is 49.3 Å². The molecule has 1 N–H and O–H groups in total. The Labute approximate surface area is 142 Å². The summed E-state index contributed by atoms with van der Waals surface area (Å²) in [6.45, 7) is 2.25. The predicted octanol–water partition coefficient (Wildman–Crippen LogP) is 3.66. The second-order valence-corrected chi connectivity index (χ2v) is 6.96. The highest BCUT2D eigenvalue weighted by molar-refractivity contribution is 5.58. The maximum absolute atomic E-state index is 5.75. The van der Waals surface area contributed by atoms with E-state index in [1.165, 1.54) is 49.2 Å². The quantitative estimate of drug-likeness (QED) is 0.915. The van der Waals surface area contributed by atoms with Crippen LogP contribution in [0.2, 0.25) is 0 Å². The molecule has 1 aromatic heterocycles. The fraction of sp³-hybridized carbons (Fsp3) is 0.526. The van der Waals surface area contributed by atoms with Crippen molar-refractivity contribution in [3.63, 3.8) is 0 Å². The van der Waals surface area contributed by atoms with E-state index >= 15 is 0 Å². The second kappa shape index (κ2) is 5.72. The molecule has 2 aliphatic heterocycles. The lowest BCUT2D eigenvalue weighted by Crippen LogP contribution is -2.16. The first-order valence-electron chi connectivity index (χ1n) is 9.16. The zero-order chi connectivity index (χ0) is 15.9. The van der Waals surface area contributed by atoms with Crippen LogP contribution in [0.3, 0.4) is 0 Å². The van der Waals surface area contributed by atoms with Crippen molar-refractivity contribution in [1.82, 2.24) is 9.78 Å². The van der Waals surface area contributed by atoms with E-state index in [-0.39, 0.29) is 0 Å². The molecular weight excluding hydrogens is 302 g/mol. The van der Waals surface area contributed by atoms with Gasteiger partial charge in [0, 0.05) is 24.1 Å². The van der Waals surface area contributed by atoms with Crippen molar-refractivity contribution in [2.45, 2.75) is 44.4 Å². The average molecular weight is 325 g/mol. The van der Waals surface area contributed by atoms with Crippen molar-refractivity contribution in [3.05, 3.63) is 29.5 Å². The Morgan fingerprint density at radius 2 is 1.92 bits per heavy atom. The van der Waals surface area contributed by atoms with Gasteiger partial charge in [0.15, 0.2) is 11.5 Å². The summed E-state index contributed by atoms with van der Waals surface area (Å²) in [7, 11) is 0. The summed E-state index contributed by atoms with van der Waals surface area (Å²) in [5.41, 5.74) is 3.81. The molecule has 1 aromatic carbocycles. The molecule has 0 bridgehead atoms. The van der Waals surface area contributed by atoms with E-state index in [4.69, 9.17) is 14.6 Å². The average Bonchev–Trinajstić information content (AvgIpc) is 2.76. The van der Waals surface area contributed by atoms with Gasteiger partial charge in [0.2, 0.25) is 0 Å². The Morgan fingerprint density at radius 1 is 1.04 bits per heavy atom. The van der Waals surface area contributed by atoms with Crippen molar-refractivity contribution in [2.75, 3.05) is 25.1 Å². The smallest absolute Gasteiger partial charge is 0.163 e. The van der Waals surface area contributed by atoms with Gasteiger partial charge in [0.05, 0.1) is 11.4 Å². The number of benzene rings is 1. The first-order chi connectivity index (χ1) is 11.9. The third-order valence-corrected chi connectivity index (χ3v) is 5.42. The predicted molar refractivity (Wildman–Crippen MR) is 92.6 cm³/mol. The summed E-state index contributed by atoms with van der Waals surface area (Å²) < 4.78 is 13.5. The summed E-state index contributed by atoms with van der Waals surface area (Å²) in [6, 6.07) is 6.13. The second-order valence-electron chi connectivity index (χ2n) is 6.96. The minimum Gasteiger partial charge on any atom is -0.486 e. The minimum absolute atomic E-state index is 0.610. The van der Waals surface area contributed by atoms with E-state index in [0.29, 0.717) is 19.1 Å². The number of fused-ring (bicyclic) bond motifs is 2. The number of hydrogen-bond acceptors (Lipinski definition) is 4. The highest BCUT2D eigenvalue weighted by Crippen LogP contribution is 2.42. The number of nitrogens with zero attached hydrogens (tertiary/aromatic N) is 2. The Hall–Kier alpha value is -2.17. The Morgan fingerprint density at radius 3 is 2.75 bits per heavy atom. The van der Waals surface area contributed by atoms with Gasteiger partial charge in [-0.1, -0.05) is 6.42 Å². The third kappa shape index (κ3) is 2.26. The molecule has 3 heterocycles. The van der Waals surface area contributed by atoms with Crippen molar-refractivity contribution < 1.29 is 9.47 Å². The van der Waals surface area contributed by atoms with Crippen molar-refractivity contribution >= 4 is 5.82 Å². The Bertz CT molecular complexity index is 764. The van der Waals surface area contributed by atoms with E-state index in [1.54, 1.807) is 0 Å². The van der Waals surface area contributed by atoms with E-state index < -0.39 is 0 Å². The number of rotatable bonds is 2. The lowest BCUT2D eigenvalue weighted by Gasteiger charge is -2.24. The zero-order valence-electron chi connectivity index (χ0n) is 13.9. The topological polar surface area (TPSA) is 48.3 Å². The number of anilines is 1. The summed E-state index contributed by atoms with van der Waals surface area (Å²) >= 11 is 0. The molecule has 0 atom stereocenters. The van der Waals surface area contributed by atoms with Crippen LogP contribution in [0.15, 0.2) is 18.2 Å². The van der Waals surface area contributed by atoms with Gasteiger partial charge in [-0.15, -0.1) is 0 Å². The molecule has 0 spiro atoms. The lowest BCUT2D eigenvalue weighted by atomic mass is 9.81. The molecular formula is C19H23N3O2. The maximum atomic E-state index is 5.75. The summed E-state index contributed by atoms with van der Waals surface area (Å²) in [6.07, 6.45) is 7.50. The van der Waals surface area contributed by atoms with Gasteiger partial charge in [0.25, 0.3) is 0 Å². The molecule has 2 aromatic rings. The number of ether oxygens (including phenoxy) is 2. The van der Waals surface area contributed by atoms with Crippen LogP contribution < -0.4 is 14.8 Å². The molecule has 5 rings (SSSR count). The molecule has 126 valence electrons. The van der Waals surface area contributed by atoms with Crippen LogP contribution in [0, 0.1) is 0 Å². The Balaban J connectivity index is 1.61. The first-order valence-corrected chi connectivity index (χ1v) is 9.16. The van der Waals surface area contributed by atoms with Gasteiger partial charge in [-0.3, -0.25) is 0 Å². The van der Waals surface area contributed by atoms with Crippen LogP contribution >= 0.6 is 0 Å². The molecule has 5 nitrogen and oxygen atoms in total. The molecule has 0 radical (unpaired) electrons. The third-order valence-electron chi connectivity index (χ3n) is 5.42. The van der Waals surface area contributed by atoms with Crippen LogP contribution in [0.4, 0.5) is 5.82 Å². The van der Waals surface area contributed by atoms with Gasteiger partial charge >= 0.3 is 0 Å². The van der Waals surface area contributed by atoms with Crippen LogP contribution in [-0.2, 0) is 6.42 Å². The normalized spacial score (nSPS) is 19.8. The van der Waals surface area contributed by atoms with Gasteiger partial charge < -0.3 is 14.8 Å². The minimum atomic E-state index is 0.610. The molecule has 0 saturated heterocycles. The lowest BCUT2D eigenvalue weighted by molar-refractivity contribution is 0.171.